The number of nitrogens with zero attached hydrogens (tertiary/aromatic N) is 2. The molecule has 3 atom stereocenters. The summed E-state index contributed by atoms with van der Waals surface area (Å²) < 4.78 is 0. The molecule has 1 amide bonds. The minimum absolute atomic E-state index is 0.0162. The Labute approximate surface area is 196 Å². The predicted octanol–water partition coefficient (Wildman–Crippen LogP) is 6.41. The maximum Gasteiger partial charge on any atom is 0.253 e. The number of nitrogens with one attached hydrogen (secondary N) is 1. The van der Waals surface area contributed by atoms with Gasteiger partial charge in [0.1, 0.15) is 0 Å². The van der Waals surface area contributed by atoms with Crippen molar-refractivity contribution in [3.63, 3.8) is 0 Å². The van der Waals surface area contributed by atoms with Crippen molar-refractivity contribution in [2.24, 2.45) is 11.8 Å². The molecule has 32 heavy (non-hydrogen) atoms. The Bertz CT molecular complexity index is 1040. The Kier molecular flexibility index (Phi) is 7.00. The van der Waals surface area contributed by atoms with Crippen molar-refractivity contribution in [2.75, 3.05) is 7.05 Å². The van der Waals surface area contributed by atoms with Crippen LogP contribution in [0, 0.1) is 18.8 Å². The molecule has 1 fully saturated rings. The van der Waals surface area contributed by atoms with Gasteiger partial charge in [-0.05, 0) is 73.6 Å². The second kappa shape index (κ2) is 9.91. The highest BCUT2D eigenvalue weighted by molar-refractivity contribution is 6.31. The second-order valence-electron chi connectivity index (χ2n) is 9.30. The van der Waals surface area contributed by atoms with Crippen LogP contribution in [0.15, 0.2) is 54.6 Å². The lowest BCUT2D eigenvalue weighted by Crippen LogP contribution is -2.26. The van der Waals surface area contributed by atoms with Crippen molar-refractivity contribution in [3.05, 3.63) is 87.7 Å². The van der Waals surface area contributed by atoms with Crippen LogP contribution in [0.25, 0.3) is 0 Å². The molecule has 1 saturated carbocycles. The number of carbonyl (C=O) groups is 1. The molecule has 0 radical (unpaired) electrons. The number of amides is 1. The van der Waals surface area contributed by atoms with Crippen LogP contribution in [-0.4, -0.2) is 28.1 Å². The van der Waals surface area contributed by atoms with Gasteiger partial charge < -0.3 is 4.90 Å². The summed E-state index contributed by atoms with van der Waals surface area (Å²) in [7, 11) is 1.79. The summed E-state index contributed by atoms with van der Waals surface area (Å²) in [6, 6.07) is 19.0. The van der Waals surface area contributed by atoms with E-state index in [0.717, 1.165) is 29.6 Å². The summed E-state index contributed by atoms with van der Waals surface area (Å²) in [5, 5.41) is 7.60. The molecule has 1 unspecified atom stereocenters. The van der Waals surface area contributed by atoms with Crippen LogP contribution in [0.4, 0.5) is 0 Å². The van der Waals surface area contributed by atoms with Crippen LogP contribution < -0.4 is 0 Å². The van der Waals surface area contributed by atoms with Gasteiger partial charge in [0, 0.05) is 12.6 Å². The predicted molar refractivity (Wildman–Crippen MR) is 130 cm³/mol. The van der Waals surface area contributed by atoms with Crippen molar-refractivity contribution in [1.29, 1.82) is 0 Å². The lowest BCUT2D eigenvalue weighted by molar-refractivity contribution is 0.0783. The fourth-order valence-corrected chi connectivity index (χ4v) is 5.14. The molecule has 1 aromatic heterocycles. The standard InChI is InChI=1S/C27H32ClN3O/c1-18(22-7-5-4-6-8-22)24-14-11-21(16-24)15-20-9-12-23(13-10-20)27(32)31(3)17-25-26(28)19(2)29-30-25/h4-10,12-13,18,21,24H,11,14-17H2,1-3H3,(H,29,30)/t18-,21?,24+/m1/s1. The van der Waals surface area contributed by atoms with Gasteiger partial charge in [-0.1, -0.05) is 61.0 Å². The summed E-state index contributed by atoms with van der Waals surface area (Å²) >= 11 is 6.24. The van der Waals surface area contributed by atoms with Crippen LogP contribution in [0.1, 0.15) is 65.0 Å². The summed E-state index contributed by atoms with van der Waals surface area (Å²) in [5.41, 5.74) is 4.98. The third kappa shape index (κ3) is 5.07. The van der Waals surface area contributed by atoms with Gasteiger partial charge in [0.2, 0.25) is 0 Å². The normalized spacial score (nSPS) is 19.1. The number of halogens is 1. The van der Waals surface area contributed by atoms with Gasteiger partial charge in [-0.15, -0.1) is 0 Å². The van der Waals surface area contributed by atoms with Gasteiger partial charge in [0.15, 0.2) is 0 Å². The second-order valence-corrected chi connectivity index (χ2v) is 9.68. The number of hydrogen-bond acceptors (Lipinski definition) is 2. The van der Waals surface area contributed by atoms with E-state index in [1.807, 2.05) is 19.1 Å². The van der Waals surface area contributed by atoms with E-state index in [1.54, 1.807) is 11.9 Å². The van der Waals surface area contributed by atoms with E-state index in [0.29, 0.717) is 23.0 Å². The lowest BCUT2D eigenvalue weighted by Gasteiger charge is -2.20. The zero-order valence-corrected chi connectivity index (χ0v) is 19.9. The molecule has 1 heterocycles. The minimum atomic E-state index is -0.0162. The molecule has 0 saturated heterocycles. The van der Waals surface area contributed by atoms with Crippen LogP contribution in [-0.2, 0) is 13.0 Å². The topological polar surface area (TPSA) is 49.0 Å². The van der Waals surface area contributed by atoms with Gasteiger partial charge in [0.05, 0.1) is 23.0 Å². The Morgan fingerprint density at radius 2 is 1.88 bits per heavy atom. The first-order valence-corrected chi connectivity index (χ1v) is 11.9. The fourth-order valence-electron chi connectivity index (χ4n) is 5.00. The molecule has 0 aliphatic heterocycles. The number of aryl methyl sites for hydroxylation is 1. The van der Waals surface area contributed by atoms with E-state index in [1.165, 1.54) is 30.4 Å². The molecule has 2 aromatic carbocycles. The highest BCUT2D eigenvalue weighted by Crippen LogP contribution is 2.41. The summed E-state index contributed by atoms with van der Waals surface area (Å²) in [4.78, 5) is 14.5. The van der Waals surface area contributed by atoms with E-state index in [4.69, 9.17) is 11.6 Å². The van der Waals surface area contributed by atoms with Gasteiger partial charge in [0.25, 0.3) is 5.91 Å². The molecule has 0 bridgehead atoms. The smallest absolute Gasteiger partial charge is 0.253 e. The van der Waals surface area contributed by atoms with Gasteiger partial charge in [-0.2, -0.15) is 5.10 Å². The van der Waals surface area contributed by atoms with E-state index in [2.05, 4.69) is 59.6 Å². The molecule has 1 N–H and O–H groups in total. The first kappa shape index (κ1) is 22.6. The van der Waals surface area contributed by atoms with E-state index >= 15 is 0 Å². The van der Waals surface area contributed by atoms with Crippen LogP contribution >= 0.6 is 11.6 Å². The third-order valence-electron chi connectivity index (χ3n) is 7.02. The Balaban J connectivity index is 1.32. The first-order chi connectivity index (χ1) is 15.4. The minimum Gasteiger partial charge on any atom is -0.336 e. The molecule has 4 nitrogen and oxygen atoms in total. The van der Waals surface area contributed by atoms with Crippen LogP contribution in [0.5, 0.6) is 0 Å². The maximum atomic E-state index is 12.8. The lowest BCUT2D eigenvalue weighted by atomic mass is 9.85. The van der Waals surface area contributed by atoms with E-state index in [9.17, 15) is 4.79 Å². The summed E-state index contributed by atoms with van der Waals surface area (Å²) in [6.45, 7) is 4.62. The van der Waals surface area contributed by atoms with Crippen molar-refractivity contribution < 1.29 is 4.79 Å². The number of benzene rings is 2. The van der Waals surface area contributed by atoms with Gasteiger partial charge in [-0.3, -0.25) is 9.89 Å². The molecule has 168 valence electrons. The van der Waals surface area contributed by atoms with Gasteiger partial charge in [-0.25, -0.2) is 0 Å². The van der Waals surface area contributed by atoms with Gasteiger partial charge >= 0.3 is 0 Å². The number of hydrogen-bond donors (Lipinski definition) is 1. The monoisotopic (exact) mass is 449 g/mol. The Morgan fingerprint density at radius 1 is 1.16 bits per heavy atom. The van der Waals surface area contributed by atoms with Crippen molar-refractivity contribution in [1.82, 2.24) is 15.1 Å². The van der Waals surface area contributed by atoms with Crippen molar-refractivity contribution >= 4 is 17.5 Å². The van der Waals surface area contributed by atoms with Crippen LogP contribution in [0.3, 0.4) is 0 Å². The van der Waals surface area contributed by atoms with E-state index in [-0.39, 0.29) is 5.91 Å². The number of H-pyrrole nitrogens is 1. The third-order valence-corrected chi connectivity index (χ3v) is 7.52. The molecule has 1 aliphatic carbocycles. The SMILES string of the molecule is Cc1n[nH]c(CN(C)C(=O)c2ccc(CC3CC[C@H]([C@H](C)c4ccccc4)C3)cc2)c1Cl. The molecule has 1 aliphatic rings. The van der Waals surface area contributed by atoms with Crippen LogP contribution in [0.2, 0.25) is 5.02 Å². The summed E-state index contributed by atoms with van der Waals surface area (Å²) in [5.74, 6) is 2.08. The Hall–Kier alpha value is -2.59. The molecule has 3 aromatic rings. The molecule has 0 spiro atoms. The van der Waals surface area contributed by atoms with E-state index < -0.39 is 0 Å². The largest absolute Gasteiger partial charge is 0.336 e. The zero-order chi connectivity index (χ0) is 22.7. The van der Waals surface area contributed by atoms with Crippen molar-refractivity contribution in [2.45, 2.75) is 52.0 Å². The van der Waals surface area contributed by atoms with Crippen molar-refractivity contribution in [3.8, 4) is 0 Å². The number of rotatable bonds is 7. The molecular formula is C27H32ClN3O. The molecular weight excluding hydrogens is 418 g/mol. The average Bonchev–Trinajstić information content (AvgIpc) is 3.41. The zero-order valence-electron chi connectivity index (χ0n) is 19.1. The molecule has 5 heteroatoms. The average molecular weight is 450 g/mol. The summed E-state index contributed by atoms with van der Waals surface area (Å²) in [6.07, 6.45) is 4.96. The fraction of sp³-hybridized carbons (Fsp3) is 0.407. The molecule has 4 rings (SSSR count). The number of aromatic nitrogens is 2. The number of aromatic amines is 1. The maximum absolute atomic E-state index is 12.8. The Morgan fingerprint density at radius 3 is 2.53 bits per heavy atom. The quantitative estimate of drug-likeness (QED) is 0.453. The highest BCUT2D eigenvalue weighted by Gasteiger charge is 2.29. The first-order valence-electron chi connectivity index (χ1n) is 11.5. The number of carbonyl (C=O) groups excluding carboxylic acids is 1. The highest BCUT2D eigenvalue weighted by atomic mass is 35.5.